The molecule has 0 radical (unpaired) electrons. The Hall–Kier alpha value is -1.20. The number of thioether (sulfide) groups is 1. The fourth-order valence-electron chi connectivity index (χ4n) is 2.39. The van der Waals surface area contributed by atoms with E-state index < -0.39 is 5.60 Å². The minimum Gasteiger partial charge on any atom is -0.444 e. The molecule has 1 unspecified atom stereocenters. The molecule has 22 heavy (non-hydrogen) atoms. The van der Waals surface area contributed by atoms with Crippen LogP contribution in [0.5, 0.6) is 0 Å². The molecule has 2 rings (SSSR count). The van der Waals surface area contributed by atoms with Gasteiger partial charge in [-0.15, -0.1) is 0 Å². The van der Waals surface area contributed by atoms with E-state index in [4.69, 9.17) is 4.74 Å². The number of rotatable bonds is 4. The Morgan fingerprint density at radius 2 is 2.14 bits per heavy atom. The lowest BCUT2D eigenvalue weighted by Crippen LogP contribution is -2.39. The van der Waals surface area contributed by atoms with E-state index in [9.17, 15) is 4.79 Å². The number of hydrogen-bond donors (Lipinski definition) is 1. The van der Waals surface area contributed by atoms with Crippen LogP contribution >= 0.6 is 11.8 Å². The lowest BCUT2D eigenvalue weighted by atomic mass is 10.0. The van der Waals surface area contributed by atoms with Gasteiger partial charge in [-0.2, -0.15) is 11.8 Å². The Balaban J connectivity index is 1.81. The van der Waals surface area contributed by atoms with Crippen LogP contribution in [-0.2, 0) is 10.5 Å². The molecule has 5 heteroatoms. The Labute approximate surface area is 137 Å². The van der Waals surface area contributed by atoms with Crippen molar-refractivity contribution in [3.05, 3.63) is 35.4 Å². The zero-order valence-corrected chi connectivity index (χ0v) is 14.7. The molecule has 1 amide bonds. The van der Waals surface area contributed by atoms with Gasteiger partial charge in [0.1, 0.15) is 5.60 Å². The molecule has 0 aliphatic carbocycles. The molecule has 0 saturated carbocycles. The summed E-state index contributed by atoms with van der Waals surface area (Å²) in [6, 6.07) is 8.95. The molecule has 4 nitrogen and oxygen atoms in total. The lowest BCUT2D eigenvalue weighted by molar-refractivity contribution is 0.0299. The fourth-order valence-corrected chi connectivity index (χ4v) is 3.52. The summed E-state index contributed by atoms with van der Waals surface area (Å²) in [7, 11) is 1.78. The molecule has 0 spiro atoms. The molecule has 1 atom stereocenters. The topological polar surface area (TPSA) is 41.6 Å². The maximum atomic E-state index is 11.9. The summed E-state index contributed by atoms with van der Waals surface area (Å²) in [6.07, 6.45) is -0.271. The molecule has 1 aromatic carbocycles. The smallest absolute Gasteiger partial charge is 0.410 e. The number of likely N-dealkylation sites (N-methyl/N-ethyl adjacent to an activating group) is 1. The largest absolute Gasteiger partial charge is 0.444 e. The van der Waals surface area contributed by atoms with Gasteiger partial charge in [-0.1, -0.05) is 24.3 Å². The van der Waals surface area contributed by atoms with E-state index in [2.05, 4.69) is 29.6 Å². The highest BCUT2D eigenvalue weighted by Gasteiger charge is 2.21. The molecular weight excluding hydrogens is 296 g/mol. The standard InChI is InChI=1S/C17H26N2O2S/c1-17(2,3)21-16(20)19(4)10-9-18-15-12-22-11-13-7-5-6-8-14(13)15/h5-8,15,18H,9-12H2,1-4H3. The van der Waals surface area contributed by atoms with Gasteiger partial charge in [-0.05, 0) is 31.9 Å². The zero-order valence-electron chi connectivity index (χ0n) is 13.9. The van der Waals surface area contributed by atoms with Crippen LogP contribution in [0.15, 0.2) is 24.3 Å². The van der Waals surface area contributed by atoms with Crippen molar-refractivity contribution >= 4 is 17.9 Å². The van der Waals surface area contributed by atoms with Gasteiger partial charge in [0.15, 0.2) is 0 Å². The fraction of sp³-hybridized carbons (Fsp3) is 0.588. The molecule has 1 aliphatic rings. The molecule has 122 valence electrons. The third-order valence-corrected chi connectivity index (χ3v) is 4.60. The average molecular weight is 322 g/mol. The van der Waals surface area contributed by atoms with Crippen molar-refractivity contribution < 1.29 is 9.53 Å². The van der Waals surface area contributed by atoms with Crippen molar-refractivity contribution in [3.63, 3.8) is 0 Å². The summed E-state index contributed by atoms with van der Waals surface area (Å²) in [4.78, 5) is 13.5. The minimum absolute atomic E-state index is 0.271. The summed E-state index contributed by atoms with van der Waals surface area (Å²) in [6.45, 7) is 7.04. The molecule has 0 fully saturated rings. The lowest BCUT2D eigenvalue weighted by Gasteiger charge is -2.28. The van der Waals surface area contributed by atoms with Gasteiger partial charge in [-0.3, -0.25) is 0 Å². The van der Waals surface area contributed by atoms with Gasteiger partial charge in [0.25, 0.3) is 0 Å². The van der Waals surface area contributed by atoms with Crippen molar-refractivity contribution in [2.45, 2.75) is 38.2 Å². The second-order valence-electron chi connectivity index (χ2n) is 6.62. The van der Waals surface area contributed by atoms with E-state index in [-0.39, 0.29) is 6.09 Å². The van der Waals surface area contributed by atoms with E-state index in [1.54, 1.807) is 11.9 Å². The summed E-state index contributed by atoms with van der Waals surface area (Å²) in [5.41, 5.74) is 2.36. The first-order valence-electron chi connectivity index (χ1n) is 7.70. The van der Waals surface area contributed by atoms with Crippen LogP contribution in [-0.4, -0.2) is 42.5 Å². The monoisotopic (exact) mass is 322 g/mol. The summed E-state index contributed by atoms with van der Waals surface area (Å²) < 4.78 is 5.35. The Morgan fingerprint density at radius 1 is 1.41 bits per heavy atom. The van der Waals surface area contributed by atoms with Crippen molar-refractivity contribution in [3.8, 4) is 0 Å². The van der Waals surface area contributed by atoms with Crippen molar-refractivity contribution in [2.75, 3.05) is 25.9 Å². The predicted molar refractivity (Wildman–Crippen MR) is 92.2 cm³/mol. The van der Waals surface area contributed by atoms with Crippen molar-refractivity contribution in [1.82, 2.24) is 10.2 Å². The number of benzene rings is 1. The van der Waals surface area contributed by atoms with Crippen LogP contribution in [0, 0.1) is 0 Å². The second-order valence-corrected chi connectivity index (χ2v) is 7.65. The SMILES string of the molecule is CN(CCNC1CSCc2ccccc21)C(=O)OC(C)(C)C. The van der Waals surface area contributed by atoms with Gasteiger partial charge in [0.05, 0.1) is 0 Å². The number of hydrogen-bond acceptors (Lipinski definition) is 4. The second kappa shape index (κ2) is 7.38. The van der Waals surface area contributed by atoms with Crippen LogP contribution < -0.4 is 5.32 Å². The van der Waals surface area contributed by atoms with E-state index >= 15 is 0 Å². The Morgan fingerprint density at radius 3 is 2.86 bits per heavy atom. The van der Waals surface area contributed by atoms with Crippen LogP contribution in [0.4, 0.5) is 4.79 Å². The average Bonchev–Trinajstić information content (AvgIpc) is 2.45. The van der Waals surface area contributed by atoms with Gasteiger partial charge in [0.2, 0.25) is 0 Å². The van der Waals surface area contributed by atoms with E-state index in [1.807, 2.05) is 32.5 Å². The third-order valence-electron chi connectivity index (χ3n) is 3.52. The van der Waals surface area contributed by atoms with Crippen LogP contribution in [0.3, 0.4) is 0 Å². The number of nitrogens with zero attached hydrogens (tertiary/aromatic N) is 1. The number of amides is 1. The molecule has 1 aromatic rings. The number of carbonyl (C=O) groups is 1. The molecule has 0 saturated heterocycles. The van der Waals surface area contributed by atoms with E-state index in [0.29, 0.717) is 12.6 Å². The van der Waals surface area contributed by atoms with Crippen LogP contribution in [0.1, 0.15) is 37.9 Å². The molecule has 0 bridgehead atoms. The van der Waals surface area contributed by atoms with Crippen molar-refractivity contribution in [2.24, 2.45) is 0 Å². The molecule has 1 heterocycles. The maximum absolute atomic E-state index is 11.9. The summed E-state index contributed by atoms with van der Waals surface area (Å²) >= 11 is 1.95. The number of ether oxygens (including phenoxy) is 1. The van der Waals surface area contributed by atoms with E-state index in [0.717, 1.165) is 18.1 Å². The predicted octanol–water partition coefficient (Wildman–Crippen LogP) is 3.43. The molecule has 1 N–H and O–H groups in total. The number of carbonyl (C=O) groups excluding carboxylic acids is 1. The molecule has 1 aliphatic heterocycles. The first-order chi connectivity index (χ1) is 10.4. The summed E-state index contributed by atoms with van der Waals surface area (Å²) in [5.74, 6) is 2.17. The van der Waals surface area contributed by atoms with E-state index in [1.165, 1.54) is 11.1 Å². The normalized spacial score (nSPS) is 17.7. The molecular formula is C17H26N2O2S. The van der Waals surface area contributed by atoms with Crippen LogP contribution in [0.2, 0.25) is 0 Å². The zero-order chi connectivity index (χ0) is 16.2. The highest BCUT2D eigenvalue weighted by Crippen LogP contribution is 2.31. The minimum atomic E-state index is -0.447. The Bertz CT molecular complexity index is 514. The number of fused-ring (bicyclic) bond motifs is 1. The van der Waals surface area contributed by atoms with Gasteiger partial charge < -0.3 is 15.0 Å². The highest BCUT2D eigenvalue weighted by molar-refractivity contribution is 7.98. The van der Waals surface area contributed by atoms with Gasteiger partial charge in [0, 0.05) is 37.7 Å². The molecule has 0 aromatic heterocycles. The number of nitrogens with one attached hydrogen (secondary N) is 1. The maximum Gasteiger partial charge on any atom is 0.410 e. The van der Waals surface area contributed by atoms with Crippen molar-refractivity contribution in [1.29, 1.82) is 0 Å². The Kier molecular flexibility index (Phi) is 5.75. The first-order valence-corrected chi connectivity index (χ1v) is 8.85. The summed E-state index contributed by atoms with van der Waals surface area (Å²) in [5, 5.41) is 3.56. The van der Waals surface area contributed by atoms with Gasteiger partial charge >= 0.3 is 6.09 Å². The van der Waals surface area contributed by atoms with Crippen LogP contribution in [0.25, 0.3) is 0 Å². The third kappa shape index (κ3) is 4.92. The quantitative estimate of drug-likeness (QED) is 0.922. The van der Waals surface area contributed by atoms with Gasteiger partial charge in [-0.25, -0.2) is 4.79 Å². The first kappa shape index (κ1) is 17.2. The highest BCUT2D eigenvalue weighted by atomic mass is 32.2.